The third-order valence-electron chi connectivity index (χ3n) is 2.92. The molecule has 1 rings (SSSR count). The van der Waals surface area contributed by atoms with E-state index in [0.717, 1.165) is 0 Å². The first-order chi connectivity index (χ1) is 5.71. The van der Waals surface area contributed by atoms with Crippen LogP contribution in [0.4, 0.5) is 13.2 Å². The summed E-state index contributed by atoms with van der Waals surface area (Å²) in [7, 11) is 0. The zero-order chi connectivity index (χ0) is 10.3. The lowest BCUT2D eigenvalue weighted by Crippen LogP contribution is -2.61. The smallest absolute Gasteiger partial charge is 0.303 e. The molecule has 1 fully saturated rings. The first kappa shape index (κ1) is 14.0. The number of halogens is 4. The van der Waals surface area contributed by atoms with E-state index in [9.17, 15) is 13.2 Å². The highest BCUT2D eigenvalue weighted by atomic mass is 35.5. The Morgan fingerprint density at radius 2 is 1.64 bits per heavy atom. The molecule has 86 valence electrons. The highest BCUT2D eigenvalue weighted by Gasteiger charge is 2.62. The van der Waals surface area contributed by atoms with Gasteiger partial charge in [0.05, 0.1) is 0 Å². The van der Waals surface area contributed by atoms with E-state index < -0.39 is 17.1 Å². The minimum atomic E-state index is -4.15. The second-order valence-corrected chi connectivity index (χ2v) is 4.68. The zero-order valence-electron chi connectivity index (χ0n) is 8.66. The molecule has 0 bridgehead atoms. The molecule has 0 amide bonds. The maximum absolute atomic E-state index is 12.8. The van der Waals surface area contributed by atoms with E-state index in [0.29, 0.717) is 13.0 Å². The van der Waals surface area contributed by atoms with Crippen LogP contribution in [0.15, 0.2) is 0 Å². The Kier molecular flexibility index (Phi) is 3.90. The molecule has 1 heterocycles. The van der Waals surface area contributed by atoms with Crippen LogP contribution in [0.3, 0.4) is 0 Å². The molecule has 0 aromatic rings. The van der Waals surface area contributed by atoms with Crippen LogP contribution in [0.5, 0.6) is 0 Å². The van der Waals surface area contributed by atoms with Crippen LogP contribution in [0.2, 0.25) is 0 Å². The van der Waals surface area contributed by atoms with Gasteiger partial charge in [0.2, 0.25) is 0 Å². The van der Waals surface area contributed by atoms with Crippen LogP contribution < -0.4 is 5.32 Å². The highest BCUT2D eigenvalue weighted by Crippen LogP contribution is 2.48. The molecule has 5 heteroatoms. The van der Waals surface area contributed by atoms with Crippen molar-refractivity contribution in [1.82, 2.24) is 5.32 Å². The Labute approximate surface area is 88.9 Å². The molecule has 0 aromatic carbocycles. The Hall–Kier alpha value is 0.0400. The molecule has 1 nitrogen and oxygen atoms in total. The fourth-order valence-corrected chi connectivity index (χ4v) is 2.05. The summed E-state index contributed by atoms with van der Waals surface area (Å²) < 4.78 is 38.5. The van der Waals surface area contributed by atoms with Gasteiger partial charge in [0.1, 0.15) is 5.54 Å². The summed E-state index contributed by atoms with van der Waals surface area (Å²) in [4.78, 5) is 0. The number of hydrogen-bond donors (Lipinski definition) is 1. The molecule has 1 unspecified atom stereocenters. The molecule has 0 aliphatic carbocycles. The molecule has 1 N–H and O–H groups in total. The van der Waals surface area contributed by atoms with Crippen molar-refractivity contribution in [3.8, 4) is 0 Å². The quantitative estimate of drug-likeness (QED) is 0.676. The van der Waals surface area contributed by atoms with Gasteiger partial charge >= 0.3 is 6.18 Å². The summed E-state index contributed by atoms with van der Waals surface area (Å²) in [5, 5.41) is 2.62. The maximum atomic E-state index is 12.8. The van der Waals surface area contributed by atoms with Gasteiger partial charge < -0.3 is 5.32 Å². The first-order valence-corrected chi connectivity index (χ1v) is 4.52. The Bertz CT molecular complexity index is 173. The van der Waals surface area contributed by atoms with Crippen LogP contribution in [0, 0.1) is 5.41 Å². The lowest BCUT2D eigenvalue weighted by Gasteiger charge is -2.43. The molecule has 0 spiro atoms. The fraction of sp³-hybridized carbons (Fsp3) is 1.00. The average molecular weight is 232 g/mol. The van der Waals surface area contributed by atoms with Crippen LogP contribution in [-0.4, -0.2) is 18.3 Å². The van der Waals surface area contributed by atoms with E-state index in [1.165, 1.54) is 0 Å². The molecular formula is C9H17ClF3N. The van der Waals surface area contributed by atoms with Crippen LogP contribution in [0.25, 0.3) is 0 Å². The summed E-state index contributed by atoms with van der Waals surface area (Å²) >= 11 is 0. The van der Waals surface area contributed by atoms with Crippen molar-refractivity contribution in [2.45, 2.75) is 45.3 Å². The second kappa shape index (κ2) is 3.89. The summed E-state index contributed by atoms with van der Waals surface area (Å²) in [5.41, 5.74) is -2.46. The second-order valence-electron chi connectivity index (χ2n) is 4.68. The van der Waals surface area contributed by atoms with Gasteiger partial charge in [0, 0.05) is 0 Å². The third-order valence-corrected chi connectivity index (χ3v) is 2.92. The van der Waals surface area contributed by atoms with Crippen molar-refractivity contribution in [3.05, 3.63) is 0 Å². The third kappa shape index (κ3) is 2.01. The van der Waals surface area contributed by atoms with Crippen molar-refractivity contribution < 1.29 is 13.2 Å². The fourth-order valence-electron chi connectivity index (χ4n) is 2.05. The average Bonchev–Trinajstić information content (AvgIpc) is 2.28. The van der Waals surface area contributed by atoms with Crippen LogP contribution in [-0.2, 0) is 0 Å². The molecule has 1 aliphatic rings. The molecule has 0 aromatic heterocycles. The Balaban J connectivity index is 0.00000169. The SMILES string of the molecule is CC(C)(C)C1(C(F)(F)F)CCCN1.Cl. The van der Waals surface area contributed by atoms with Crippen molar-refractivity contribution in [3.63, 3.8) is 0 Å². The number of rotatable bonds is 0. The van der Waals surface area contributed by atoms with Crippen molar-refractivity contribution in [2.24, 2.45) is 5.41 Å². The maximum Gasteiger partial charge on any atom is 0.407 e. The van der Waals surface area contributed by atoms with E-state index in [1.54, 1.807) is 20.8 Å². The lowest BCUT2D eigenvalue weighted by atomic mass is 9.72. The van der Waals surface area contributed by atoms with Gasteiger partial charge in [0.25, 0.3) is 0 Å². The van der Waals surface area contributed by atoms with Crippen molar-refractivity contribution >= 4 is 12.4 Å². The normalized spacial score (nSPS) is 28.7. The minimum absolute atomic E-state index is 0. The van der Waals surface area contributed by atoms with Gasteiger partial charge in [-0.25, -0.2) is 0 Å². The molecule has 1 saturated heterocycles. The largest absolute Gasteiger partial charge is 0.407 e. The summed E-state index contributed by atoms with van der Waals surface area (Å²) in [6.07, 6.45) is -3.35. The van der Waals surface area contributed by atoms with Crippen LogP contribution >= 0.6 is 12.4 Å². The van der Waals surface area contributed by atoms with Gasteiger partial charge in [-0.05, 0) is 24.8 Å². The molecule has 1 atom stereocenters. The van der Waals surface area contributed by atoms with Crippen molar-refractivity contribution in [1.29, 1.82) is 0 Å². The molecule has 14 heavy (non-hydrogen) atoms. The van der Waals surface area contributed by atoms with E-state index in [2.05, 4.69) is 5.32 Å². The van der Waals surface area contributed by atoms with Gasteiger partial charge in [-0.15, -0.1) is 12.4 Å². The van der Waals surface area contributed by atoms with Crippen molar-refractivity contribution in [2.75, 3.05) is 6.54 Å². The first-order valence-electron chi connectivity index (χ1n) is 4.52. The van der Waals surface area contributed by atoms with Gasteiger partial charge in [-0.2, -0.15) is 13.2 Å². The Morgan fingerprint density at radius 1 is 1.14 bits per heavy atom. The van der Waals surface area contributed by atoms with E-state index in [4.69, 9.17) is 0 Å². The summed E-state index contributed by atoms with van der Waals surface area (Å²) in [5.74, 6) is 0. The topological polar surface area (TPSA) is 12.0 Å². The van der Waals surface area contributed by atoms with Crippen LogP contribution in [0.1, 0.15) is 33.6 Å². The standard InChI is InChI=1S/C9H16F3N.ClH/c1-7(2,3)8(9(10,11)12)5-4-6-13-8;/h13H,4-6H2,1-3H3;1H. The van der Waals surface area contributed by atoms with E-state index in [-0.39, 0.29) is 18.8 Å². The highest BCUT2D eigenvalue weighted by molar-refractivity contribution is 5.85. The van der Waals surface area contributed by atoms with E-state index in [1.807, 2.05) is 0 Å². The molecule has 0 radical (unpaired) electrons. The molecule has 0 saturated carbocycles. The molecular weight excluding hydrogens is 215 g/mol. The summed E-state index contributed by atoms with van der Waals surface area (Å²) in [6.45, 7) is 5.38. The number of hydrogen-bond acceptors (Lipinski definition) is 1. The lowest BCUT2D eigenvalue weighted by molar-refractivity contribution is -0.220. The van der Waals surface area contributed by atoms with Gasteiger partial charge in [0.15, 0.2) is 0 Å². The number of nitrogens with one attached hydrogen (secondary N) is 1. The van der Waals surface area contributed by atoms with Gasteiger partial charge in [-0.3, -0.25) is 0 Å². The van der Waals surface area contributed by atoms with E-state index >= 15 is 0 Å². The predicted molar refractivity (Wildman–Crippen MR) is 52.7 cm³/mol. The monoisotopic (exact) mass is 231 g/mol. The minimum Gasteiger partial charge on any atom is -0.303 e. The zero-order valence-corrected chi connectivity index (χ0v) is 9.48. The molecule has 1 aliphatic heterocycles. The predicted octanol–water partition coefficient (Wildman–Crippen LogP) is 3.14. The number of alkyl halides is 3. The Morgan fingerprint density at radius 3 is 1.79 bits per heavy atom. The summed E-state index contributed by atoms with van der Waals surface area (Å²) in [6, 6.07) is 0. The van der Waals surface area contributed by atoms with Gasteiger partial charge in [-0.1, -0.05) is 20.8 Å².